The molecule has 1 atom stereocenters. The first-order valence-electron chi connectivity index (χ1n) is 9.01. The van der Waals surface area contributed by atoms with Crippen molar-refractivity contribution in [2.75, 3.05) is 0 Å². The Labute approximate surface area is 165 Å². The molecule has 1 heteroatoms. The van der Waals surface area contributed by atoms with Gasteiger partial charge in [-0.1, -0.05) is 69.5 Å². The van der Waals surface area contributed by atoms with E-state index in [2.05, 4.69) is 75.4 Å². The minimum atomic E-state index is 0. The van der Waals surface area contributed by atoms with Crippen molar-refractivity contribution < 1.29 is 26.2 Å². The molecule has 0 amide bonds. The molecule has 24 heavy (non-hydrogen) atoms. The van der Waals surface area contributed by atoms with Crippen LogP contribution in [-0.4, -0.2) is 0 Å². The summed E-state index contributed by atoms with van der Waals surface area (Å²) in [6, 6.07) is 20.6. The van der Waals surface area contributed by atoms with E-state index in [1.165, 1.54) is 58.7 Å². The second-order valence-corrected chi connectivity index (χ2v) is 6.71. The molecule has 124 valence electrons. The van der Waals surface area contributed by atoms with Gasteiger partial charge in [-0.25, -0.2) is 0 Å². The molecule has 1 unspecified atom stereocenters. The Balaban J connectivity index is 0.00000208. The van der Waals surface area contributed by atoms with Crippen LogP contribution in [0.3, 0.4) is 0 Å². The van der Waals surface area contributed by atoms with Gasteiger partial charge < -0.3 is 0 Å². The predicted octanol–water partition coefficient (Wildman–Crippen LogP) is 7.08. The van der Waals surface area contributed by atoms with E-state index >= 15 is 0 Å². The van der Waals surface area contributed by atoms with Crippen molar-refractivity contribution in [2.45, 2.75) is 52.4 Å². The number of rotatable bonds is 6. The monoisotopic (exact) mass is 393 g/mol. The Bertz CT molecular complexity index is 764. The molecule has 3 rings (SSSR count). The molecule has 0 heterocycles. The summed E-state index contributed by atoms with van der Waals surface area (Å²) in [5, 5.41) is 2.77. The van der Waals surface area contributed by atoms with Crippen LogP contribution < -0.4 is 0 Å². The van der Waals surface area contributed by atoms with Crippen LogP contribution in [0.5, 0.6) is 0 Å². The van der Waals surface area contributed by atoms with Crippen LogP contribution in [0.25, 0.3) is 21.9 Å². The smallest absolute Gasteiger partial charge is 0 e. The number of hydrogen-bond donors (Lipinski definition) is 0. The summed E-state index contributed by atoms with van der Waals surface area (Å²) < 4.78 is 0. The van der Waals surface area contributed by atoms with Crippen molar-refractivity contribution in [3.63, 3.8) is 0 Å². The molecule has 0 radical (unpaired) electrons. The fourth-order valence-corrected chi connectivity index (χ4v) is 3.30. The van der Waals surface area contributed by atoms with Crippen LogP contribution in [0.4, 0.5) is 0 Å². The Hall–Kier alpha value is -1.07. The van der Waals surface area contributed by atoms with Gasteiger partial charge >= 0.3 is 0 Å². The zero-order valence-corrected chi connectivity index (χ0v) is 17.6. The van der Waals surface area contributed by atoms with Crippen LogP contribution >= 0.6 is 0 Å². The third-order valence-electron chi connectivity index (χ3n) is 5.03. The Morgan fingerprint density at radius 3 is 2.42 bits per heavy atom. The van der Waals surface area contributed by atoms with Crippen LogP contribution in [0.15, 0.2) is 54.6 Å². The van der Waals surface area contributed by atoms with Crippen molar-refractivity contribution >= 4 is 10.8 Å². The van der Waals surface area contributed by atoms with E-state index in [-0.39, 0.29) is 26.2 Å². The first-order chi connectivity index (χ1) is 11.2. The standard InChI is InChI=1S/C23H27.Zr/c1-4-6-8-18-15-21-9-7-10-22(23(21)16-18)20-13-11-19(12-14-20)17(3)5-2;/h7,9-17H,4-6,8H2,1-3H3;/q-1;. The summed E-state index contributed by atoms with van der Waals surface area (Å²) in [4.78, 5) is 0. The predicted molar refractivity (Wildman–Crippen MR) is 102 cm³/mol. The summed E-state index contributed by atoms with van der Waals surface area (Å²) in [6.07, 6.45) is 4.91. The van der Waals surface area contributed by atoms with Gasteiger partial charge in [0.2, 0.25) is 0 Å². The van der Waals surface area contributed by atoms with Gasteiger partial charge in [-0.2, -0.15) is 6.07 Å². The maximum atomic E-state index is 2.39. The largest absolute Gasteiger partial charge is 0.164 e. The Morgan fingerprint density at radius 1 is 1.00 bits per heavy atom. The maximum absolute atomic E-state index is 2.39. The maximum Gasteiger partial charge on any atom is 0 e. The van der Waals surface area contributed by atoms with Crippen molar-refractivity contribution in [3.8, 4) is 11.1 Å². The number of fused-ring (bicyclic) bond motifs is 1. The van der Waals surface area contributed by atoms with Gasteiger partial charge in [-0.3, -0.25) is 0 Å². The zero-order valence-electron chi connectivity index (χ0n) is 15.1. The molecule has 0 saturated carbocycles. The molecule has 0 aromatic heterocycles. The van der Waals surface area contributed by atoms with Crippen LogP contribution in [0, 0.1) is 0 Å². The van der Waals surface area contributed by atoms with E-state index in [0.29, 0.717) is 5.92 Å². The normalized spacial score (nSPS) is 12.1. The van der Waals surface area contributed by atoms with Gasteiger partial charge in [0.15, 0.2) is 0 Å². The molecular formula is C23H27Zr-. The second-order valence-electron chi connectivity index (χ2n) is 6.71. The summed E-state index contributed by atoms with van der Waals surface area (Å²) in [7, 11) is 0. The third-order valence-corrected chi connectivity index (χ3v) is 5.03. The summed E-state index contributed by atoms with van der Waals surface area (Å²) in [6.45, 7) is 6.81. The molecule has 3 aromatic carbocycles. The quantitative estimate of drug-likeness (QED) is 0.392. The minimum absolute atomic E-state index is 0. The van der Waals surface area contributed by atoms with E-state index in [9.17, 15) is 0 Å². The van der Waals surface area contributed by atoms with Gasteiger partial charge in [0.05, 0.1) is 0 Å². The SMILES string of the molecule is CCCCc1cc2c(-c3ccc(C(C)CC)cc3)cccc2[cH-]1.[Zr]. The molecular weight excluding hydrogens is 367 g/mol. The molecule has 3 aromatic rings. The minimum Gasteiger partial charge on any atom is -0.164 e. The van der Waals surface area contributed by atoms with Gasteiger partial charge in [-0.05, 0) is 29.9 Å². The van der Waals surface area contributed by atoms with Gasteiger partial charge in [0.1, 0.15) is 0 Å². The molecule has 0 fully saturated rings. The molecule has 0 nitrogen and oxygen atoms in total. The molecule has 0 aliphatic heterocycles. The average Bonchev–Trinajstić information content (AvgIpc) is 3.02. The Kier molecular flexibility index (Phi) is 7.11. The van der Waals surface area contributed by atoms with E-state index in [1.807, 2.05) is 0 Å². The Morgan fingerprint density at radius 2 is 1.75 bits per heavy atom. The first-order valence-corrected chi connectivity index (χ1v) is 9.01. The van der Waals surface area contributed by atoms with E-state index in [4.69, 9.17) is 0 Å². The van der Waals surface area contributed by atoms with E-state index in [0.717, 1.165) is 0 Å². The third kappa shape index (κ3) is 4.12. The molecule has 0 N–H and O–H groups in total. The van der Waals surface area contributed by atoms with Crippen molar-refractivity contribution in [1.29, 1.82) is 0 Å². The van der Waals surface area contributed by atoms with E-state index < -0.39 is 0 Å². The topological polar surface area (TPSA) is 0 Å². The van der Waals surface area contributed by atoms with E-state index in [1.54, 1.807) is 0 Å². The van der Waals surface area contributed by atoms with Crippen LogP contribution in [-0.2, 0) is 32.6 Å². The summed E-state index contributed by atoms with van der Waals surface area (Å²) in [5.74, 6) is 0.638. The fraction of sp³-hybridized carbons (Fsp3) is 0.348. The molecule has 0 bridgehead atoms. The summed E-state index contributed by atoms with van der Waals surface area (Å²) >= 11 is 0. The average molecular weight is 395 g/mol. The molecule has 0 aliphatic rings. The number of benzene rings is 2. The fourth-order valence-electron chi connectivity index (χ4n) is 3.30. The van der Waals surface area contributed by atoms with Crippen molar-refractivity contribution in [3.05, 3.63) is 65.7 Å². The second kappa shape index (κ2) is 8.86. The molecule has 0 aliphatic carbocycles. The van der Waals surface area contributed by atoms with Crippen molar-refractivity contribution in [2.24, 2.45) is 0 Å². The first kappa shape index (κ1) is 19.3. The number of aryl methyl sites for hydroxylation is 1. The number of unbranched alkanes of at least 4 members (excludes halogenated alkanes) is 1. The summed E-state index contributed by atoms with van der Waals surface area (Å²) in [5.41, 5.74) is 5.61. The van der Waals surface area contributed by atoms with Crippen LogP contribution in [0.1, 0.15) is 57.1 Å². The van der Waals surface area contributed by atoms with Gasteiger partial charge in [-0.15, -0.1) is 34.5 Å². The van der Waals surface area contributed by atoms with Crippen LogP contribution in [0.2, 0.25) is 0 Å². The van der Waals surface area contributed by atoms with Crippen molar-refractivity contribution in [1.82, 2.24) is 0 Å². The molecule has 0 saturated heterocycles. The number of hydrogen-bond acceptors (Lipinski definition) is 0. The molecule has 0 spiro atoms. The van der Waals surface area contributed by atoms with Gasteiger partial charge in [0, 0.05) is 26.2 Å². The van der Waals surface area contributed by atoms with Gasteiger partial charge in [0.25, 0.3) is 0 Å². The zero-order chi connectivity index (χ0) is 16.2.